The van der Waals surface area contributed by atoms with Crippen molar-refractivity contribution >= 4 is 23.4 Å². The first-order valence-electron chi connectivity index (χ1n) is 12.4. The van der Waals surface area contributed by atoms with E-state index in [1.165, 1.54) is 18.2 Å². The molecule has 1 saturated heterocycles. The van der Waals surface area contributed by atoms with E-state index in [0.717, 1.165) is 34.8 Å². The highest BCUT2D eigenvalue weighted by molar-refractivity contribution is 6.30. The zero-order chi connectivity index (χ0) is 30.7. The first-order valence-corrected chi connectivity index (χ1v) is 12.7. The quantitative estimate of drug-likeness (QED) is 0.230. The standard InChI is InChI=1S/C26H21ClF4N4.C2HF3O2/c27-19-6-1-17(2-7-19)23-13-24(34-33-23)21-11-12-35(15-22(21)16-3-8-20(28)9-4-16)25-10-5-18(14-32-25)26(29,30)31;3-2(4,5)1(6)7/h1-10,13-14,21-22H,11-12,15H2,(H,33,34);(H,6,7). The summed E-state index contributed by atoms with van der Waals surface area (Å²) in [6.07, 6.45) is -7.94. The summed E-state index contributed by atoms with van der Waals surface area (Å²) in [4.78, 5) is 14.9. The predicted molar refractivity (Wildman–Crippen MR) is 141 cm³/mol. The molecule has 3 heterocycles. The molecular weight excluding hydrogens is 593 g/mol. The Bertz CT molecular complexity index is 1490. The van der Waals surface area contributed by atoms with Crippen LogP contribution in [0.1, 0.15) is 35.1 Å². The van der Waals surface area contributed by atoms with Gasteiger partial charge in [0.25, 0.3) is 0 Å². The number of rotatable bonds is 4. The Balaban J connectivity index is 0.000000517. The summed E-state index contributed by atoms with van der Waals surface area (Å²) in [5.74, 6) is -2.59. The van der Waals surface area contributed by atoms with Gasteiger partial charge in [0.05, 0.1) is 11.3 Å². The smallest absolute Gasteiger partial charge is 0.475 e. The third kappa shape index (κ3) is 7.58. The lowest BCUT2D eigenvalue weighted by Crippen LogP contribution is -2.39. The van der Waals surface area contributed by atoms with Crippen molar-refractivity contribution in [3.63, 3.8) is 0 Å². The average Bonchev–Trinajstić information content (AvgIpc) is 3.43. The lowest BCUT2D eigenvalue weighted by molar-refractivity contribution is -0.192. The summed E-state index contributed by atoms with van der Waals surface area (Å²) >= 11 is 6.00. The number of H-pyrrole nitrogens is 1. The number of aromatic amines is 1. The number of halogens is 8. The molecule has 1 aliphatic rings. The van der Waals surface area contributed by atoms with Crippen molar-refractivity contribution < 1.29 is 40.6 Å². The molecule has 0 amide bonds. The second-order valence-corrected chi connectivity index (χ2v) is 9.86. The highest BCUT2D eigenvalue weighted by Gasteiger charge is 2.38. The number of benzene rings is 2. The van der Waals surface area contributed by atoms with E-state index in [-0.39, 0.29) is 17.7 Å². The number of aliphatic carboxylic acids is 1. The lowest BCUT2D eigenvalue weighted by Gasteiger charge is -2.39. The van der Waals surface area contributed by atoms with E-state index in [4.69, 9.17) is 21.5 Å². The minimum atomic E-state index is -5.08. The van der Waals surface area contributed by atoms with E-state index < -0.39 is 23.9 Å². The monoisotopic (exact) mass is 614 g/mol. The van der Waals surface area contributed by atoms with Crippen molar-refractivity contribution in [2.45, 2.75) is 30.6 Å². The van der Waals surface area contributed by atoms with Crippen molar-refractivity contribution in [3.05, 3.63) is 101 Å². The number of pyridine rings is 1. The molecule has 222 valence electrons. The van der Waals surface area contributed by atoms with Gasteiger partial charge in [-0.25, -0.2) is 14.2 Å². The number of carboxylic acid groups (broad SMARTS) is 1. The number of anilines is 1. The van der Waals surface area contributed by atoms with Gasteiger partial charge in [-0.2, -0.15) is 31.4 Å². The first kappa shape index (κ1) is 30.8. The maximum absolute atomic E-state index is 13.6. The van der Waals surface area contributed by atoms with E-state index in [0.29, 0.717) is 30.4 Å². The van der Waals surface area contributed by atoms with E-state index in [2.05, 4.69) is 15.2 Å². The Morgan fingerprint density at radius 2 is 1.60 bits per heavy atom. The number of nitrogens with zero attached hydrogens (tertiary/aromatic N) is 3. The van der Waals surface area contributed by atoms with Gasteiger partial charge in [0.15, 0.2) is 0 Å². The number of aromatic nitrogens is 3. The fourth-order valence-corrected chi connectivity index (χ4v) is 4.74. The van der Waals surface area contributed by atoms with Gasteiger partial charge in [0.1, 0.15) is 11.6 Å². The number of hydrogen-bond donors (Lipinski definition) is 2. The van der Waals surface area contributed by atoms with Gasteiger partial charge in [-0.3, -0.25) is 5.10 Å². The molecule has 0 aliphatic carbocycles. The largest absolute Gasteiger partial charge is 0.490 e. The normalized spacial score (nSPS) is 17.4. The van der Waals surface area contributed by atoms with E-state index >= 15 is 0 Å². The number of nitrogens with one attached hydrogen (secondary N) is 1. The van der Waals surface area contributed by atoms with Crippen molar-refractivity contribution in [1.29, 1.82) is 0 Å². The molecule has 0 bridgehead atoms. The topological polar surface area (TPSA) is 82.1 Å². The molecule has 5 rings (SSSR count). The van der Waals surface area contributed by atoms with Crippen LogP contribution in [0.15, 0.2) is 72.9 Å². The summed E-state index contributed by atoms with van der Waals surface area (Å²) < 4.78 is 84.3. The maximum atomic E-state index is 13.6. The highest BCUT2D eigenvalue weighted by atomic mass is 35.5. The molecule has 42 heavy (non-hydrogen) atoms. The van der Waals surface area contributed by atoms with Crippen LogP contribution in [0.2, 0.25) is 5.02 Å². The number of piperidine rings is 1. The molecule has 6 nitrogen and oxygen atoms in total. The molecule has 2 unspecified atom stereocenters. The van der Waals surface area contributed by atoms with Gasteiger partial charge in [-0.1, -0.05) is 35.9 Å². The fraction of sp³-hybridized carbons (Fsp3) is 0.250. The van der Waals surface area contributed by atoms with Crippen LogP contribution in [0.25, 0.3) is 11.3 Å². The van der Waals surface area contributed by atoms with E-state index in [1.807, 2.05) is 35.2 Å². The predicted octanol–water partition coefficient (Wildman–Crippen LogP) is 7.69. The Labute approximate surface area is 239 Å². The molecule has 0 radical (unpaired) electrons. The molecular formula is C28H22ClF7N4O2. The molecule has 4 aromatic rings. The maximum Gasteiger partial charge on any atom is 0.490 e. The molecule has 2 atom stereocenters. The van der Waals surface area contributed by atoms with Crippen LogP contribution in [0.3, 0.4) is 0 Å². The zero-order valence-corrected chi connectivity index (χ0v) is 22.2. The average molecular weight is 615 g/mol. The van der Waals surface area contributed by atoms with Crippen LogP contribution in [0.4, 0.5) is 36.6 Å². The van der Waals surface area contributed by atoms with Crippen molar-refractivity contribution in [1.82, 2.24) is 15.2 Å². The van der Waals surface area contributed by atoms with Crippen LogP contribution in [0, 0.1) is 5.82 Å². The third-order valence-corrected chi connectivity index (χ3v) is 6.94. The van der Waals surface area contributed by atoms with Crippen molar-refractivity contribution in [2.24, 2.45) is 0 Å². The van der Waals surface area contributed by atoms with Gasteiger partial charge in [0.2, 0.25) is 0 Å². The van der Waals surface area contributed by atoms with Gasteiger partial charge < -0.3 is 10.0 Å². The summed E-state index contributed by atoms with van der Waals surface area (Å²) in [7, 11) is 0. The van der Waals surface area contributed by atoms with Crippen LogP contribution < -0.4 is 4.90 Å². The minimum Gasteiger partial charge on any atom is -0.475 e. The molecule has 2 aromatic carbocycles. The summed E-state index contributed by atoms with van der Waals surface area (Å²) in [5, 5.41) is 15.4. The third-order valence-electron chi connectivity index (χ3n) is 6.69. The second-order valence-electron chi connectivity index (χ2n) is 9.42. The molecule has 14 heteroatoms. The molecule has 0 spiro atoms. The number of carboxylic acids is 1. The lowest BCUT2D eigenvalue weighted by atomic mass is 9.78. The molecule has 1 aliphatic heterocycles. The first-order chi connectivity index (χ1) is 19.7. The number of hydrogen-bond acceptors (Lipinski definition) is 4. The van der Waals surface area contributed by atoms with E-state index in [9.17, 15) is 30.7 Å². The summed E-state index contributed by atoms with van der Waals surface area (Å²) in [5.41, 5.74) is 2.83. The molecule has 2 N–H and O–H groups in total. The summed E-state index contributed by atoms with van der Waals surface area (Å²) in [6, 6.07) is 18.2. The number of alkyl halides is 6. The second kappa shape index (κ2) is 12.4. The van der Waals surface area contributed by atoms with Crippen LogP contribution in [-0.4, -0.2) is 45.5 Å². The van der Waals surface area contributed by atoms with Crippen molar-refractivity contribution in [3.8, 4) is 11.3 Å². The minimum absolute atomic E-state index is 0.0491. The van der Waals surface area contributed by atoms with Crippen LogP contribution in [0.5, 0.6) is 0 Å². The zero-order valence-electron chi connectivity index (χ0n) is 21.4. The van der Waals surface area contributed by atoms with E-state index in [1.54, 1.807) is 12.1 Å². The van der Waals surface area contributed by atoms with Gasteiger partial charge in [0, 0.05) is 47.4 Å². The Hall–Kier alpha value is -4.13. The van der Waals surface area contributed by atoms with Gasteiger partial charge in [-0.15, -0.1) is 0 Å². The number of carbonyl (C=O) groups is 1. The van der Waals surface area contributed by atoms with Gasteiger partial charge in [-0.05, 0) is 54.4 Å². The van der Waals surface area contributed by atoms with Crippen molar-refractivity contribution in [2.75, 3.05) is 18.0 Å². The van der Waals surface area contributed by atoms with Crippen LogP contribution >= 0.6 is 11.6 Å². The SMILES string of the molecule is Fc1ccc(C2CN(c3ccc(C(F)(F)F)cn3)CCC2c2cc(-c3ccc(Cl)cc3)n[nH]2)cc1.O=C(O)C(F)(F)F. The summed E-state index contributed by atoms with van der Waals surface area (Å²) in [6.45, 7) is 1.12. The Morgan fingerprint density at radius 1 is 0.952 bits per heavy atom. The molecule has 1 fully saturated rings. The molecule has 0 saturated carbocycles. The van der Waals surface area contributed by atoms with Crippen LogP contribution in [-0.2, 0) is 11.0 Å². The fourth-order valence-electron chi connectivity index (χ4n) is 4.62. The molecule has 2 aromatic heterocycles. The van der Waals surface area contributed by atoms with Gasteiger partial charge >= 0.3 is 18.3 Å². The Morgan fingerprint density at radius 3 is 2.14 bits per heavy atom. The highest BCUT2D eigenvalue weighted by Crippen LogP contribution is 2.41. The Kier molecular flexibility index (Phi) is 9.09.